The Hall–Kier alpha value is -2.43. The highest BCUT2D eigenvalue weighted by Crippen LogP contribution is 2.34. The number of hydroxylamine groups is 1. The maximum absolute atomic E-state index is 15.5. The highest BCUT2D eigenvalue weighted by molar-refractivity contribution is 14.1. The van der Waals surface area contributed by atoms with Crippen LogP contribution in [0.3, 0.4) is 0 Å². The van der Waals surface area contributed by atoms with Gasteiger partial charge in [0.15, 0.2) is 11.6 Å². The van der Waals surface area contributed by atoms with Crippen LogP contribution in [-0.2, 0) is 27.8 Å². The topological polar surface area (TPSA) is 130 Å². The van der Waals surface area contributed by atoms with Gasteiger partial charge in [-0.25, -0.2) is 27.4 Å². The number of aromatic nitrogens is 1. The van der Waals surface area contributed by atoms with Crippen LogP contribution in [0.1, 0.15) is 34.5 Å². The maximum Gasteiger partial charge on any atom is 0.277 e. The molecule has 1 amide bonds. The second-order valence-corrected chi connectivity index (χ2v) is 12.2. The molecule has 208 valence electrons. The number of sulfonamides is 1. The van der Waals surface area contributed by atoms with Gasteiger partial charge in [0, 0.05) is 35.0 Å². The van der Waals surface area contributed by atoms with Crippen molar-refractivity contribution in [2.24, 2.45) is 5.92 Å². The summed E-state index contributed by atoms with van der Waals surface area (Å²) < 4.78 is 60.0. The van der Waals surface area contributed by atoms with Crippen LogP contribution in [-0.4, -0.2) is 37.6 Å². The third kappa shape index (κ3) is 7.41. The number of halogens is 4. The predicted octanol–water partition coefficient (Wildman–Crippen LogP) is 4.45. The third-order valence-electron chi connectivity index (χ3n) is 5.86. The van der Waals surface area contributed by atoms with E-state index in [1.807, 2.05) is 22.6 Å². The Morgan fingerprint density at radius 1 is 1.21 bits per heavy atom. The molecule has 1 aromatic heterocycles. The van der Waals surface area contributed by atoms with Crippen LogP contribution in [0, 0.1) is 21.1 Å². The van der Waals surface area contributed by atoms with Gasteiger partial charge >= 0.3 is 0 Å². The summed E-state index contributed by atoms with van der Waals surface area (Å²) in [5.41, 5.74) is 2.10. The number of aliphatic hydroxyl groups is 1. The first-order valence-corrected chi connectivity index (χ1v) is 14.7. The van der Waals surface area contributed by atoms with Gasteiger partial charge in [-0.15, -0.1) is 0 Å². The number of hydrogen-bond donors (Lipinski definition) is 4. The molecule has 4 N–H and O–H groups in total. The number of aliphatic hydroxyl groups excluding tert-OH is 1. The molecule has 0 unspecified atom stereocenters. The summed E-state index contributed by atoms with van der Waals surface area (Å²) in [5.74, 6) is -3.97. The van der Waals surface area contributed by atoms with Crippen molar-refractivity contribution in [3.05, 3.63) is 79.6 Å². The van der Waals surface area contributed by atoms with E-state index in [-0.39, 0.29) is 36.9 Å². The highest BCUT2D eigenvalue weighted by atomic mass is 127. The predicted molar refractivity (Wildman–Crippen MR) is 149 cm³/mol. The molecular formula is C25H24ClF2IN4O5S. The number of nitrogens with zero attached hydrogens (tertiary/aromatic N) is 1. The van der Waals surface area contributed by atoms with Gasteiger partial charge in [-0.1, -0.05) is 17.7 Å². The van der Waals surface area contributed by atoms with Crippen LogP contribution in [0.25, 0.3) is 0 Å². The molecule has 1 heterocycles. The zero-order valence-corrected chi connectivity index (χ0v) is 24.0. The second kappa shape index (κ2) is 12.8. The number of nitrogens with one attached hydrogen (secondary N) is 3. The molecule has 2 aromatic carbocycles. The van der Waals surface area contributed by atoms with Gasteiger partial charge in [-0.05, 0) is 77.2 Å². The lowest BCUT2D eigenvalue weighted by Crippen LogP contribution is -2.29. The second-order valence-electron chi connectivity index (χ2n) is 8.77. The van der Waals surface area contributed by atoms with E-state index in [2.05, 4.69) is 20.5 Å². The molecule has 1 fully saturated rings. The van der Waals surface area contributed by atoms with E-state index in [0.717, 1.165) is 22.5 Å². The molecule has 0 spiro atoms. The molecule has 3 aromatic rings. The van der Waals surface area contributed by atoms with Crippen LogP contribution in [0.5, 0.6) is 0 Å². The number of pyridine rings is 1. The van der Waals surface area contributed by atoms with Crippen LogP contribution < -0.4 is 15.5 Å². The summed E-state index contributed by atoms with van der Waals surface area (Å²) in [4.78, 5) is 21.2. The van der Waals surface area contributed by atoms with E-state index >= 15 is 8.78 Å². The minimum Gasteiger partial charge on any atom is -0.396 e. The smallest absolute Gasteiger partial charge is 0.277 e. The molecule has 0 bridgehead atoms. The van der Waals surface area contributed by atoms with E-state index in [1.54, 1.807) is 24.3 Å². The van der Waals surface area contributed by atoms with E-state index < -0.39 is 43.7 Å². The van der Waals surface area contributed by atoms with Crippen molar-refractivity contribution in [3.8, 4) is 0 Å². The molecule has 0 radical (unpaired) electrons. The Balaban J connectivity index is 1.69. The maximum atomic E-state index is 15.5. The van der Waals surface area contributed by atoms with Gasteiger partial charge in [0.2, 0.25) is 10.0 Å². The molecule has 1 saturated carbocycles. The monoisotopic (exact) mass is 692 g/mol. The van der Waals surface area contributed by atoms with Gasteiger partial charge in [0.05, 0.1) is 28.6 Å². The lowest BCUT2D eigenvalue weighted by Gasteiger charge is -2.17. The molecule has 39 heavy (non-hydrogen) atoms. The van der Waals surface area contributed by atoms with E-state index in [1.165, 1.54) is 12.3 Å². The minimum absolute atomic E-state index is 0.171. The Labute approximate surface area is 242 Å². The molecule has 1 aliphatic carbocycles. The standard InChI is InChI=1S/C25H24ClF2IN4O5S/c26-18-10-16(29)5-6-20(18)32-24-17(25(35)33-38-13-14-3-4-14)11-21(22(27)23(24)28)39(36,37)31-12-15-2-1-8-30-19(15)7-9-34/h1-2,5-6,8,10-11,14,31-32,34H,3-4,7,9,12-13H2,(H,33,35). The SMILES string of the molecule is O=C(NOCC1CC1)c1cc(S(=O)(=O)NCc2cccnc2CCO)c(F)c(F)c1Nc1ccc(I)cc1Cl. The Morgan fingerprint density at radius 3 is 2.67 bits per heavy atom. The van der Waals surface area contributed by atoms with Gasteiger partial charge < -0.3 is 10.4 Å². The number of anilines is 2. The molecule has 9 nitrogen and oxygen atoms in total. The first-order chi connectivity index (χ1) is 18.6. The average Bonchev–Trinajstić information content (AvgIpc) is 3.72. The number of hydrogen-bond acceptors (Lipinski definition) is 7. The zero-order valence-electron chi connectivity index (χ0n) is 20.3. The van der Waals surface area contributed by atoms with Crippen molar-refractivity contribution in [1.82, 2.24) is 15.2 Å². The van der Waals surface area contributed by atoms with Crippen LogP contribution in [0.4, 0.5) is 20.2 Å². The molecule has 1 aliphatic rings. The summed E-state index contributed by atoms with van der Waals surface area (Å²) in [6, 6.07) is 8.64. The molecule has 14 heteroatoms. The molecule has 0 saturated heterocycles. The van der Waals surface area contributed by atoms with E-state index in [0.29, 0.717) is 17.2 Å². The fourth-order valence-electron chi connectivity index (χ4n) is 3.60. The van der Waals surface area contributed by atoms with Crippen LogP contribution in [0.2, 0.25) is 5.02 Å². The van der Waals surface area contributed by atoms with Crippen molar-refractivity contribution in [2.45, 2.75) is 30.7 Å². The largest absolute Gasteiger partial charge is 0.396 e. The number of rotatable bonds is 12. The molecule has 0 aliphatic heterocycles. The zero-order chi connectivity index (χ0) is 28.2. The normalized spacial score (nSPS) is 13.4. The Bertz CT molecular complexity index is 1490. The van der Waals surface area contributed by atoms with Crippen molar-refractivity contribution >= 4 is 61.5 Å². The molecular weight excluding hydrogens is 669 g/mol. The van der Waals surface area contributed by atoms with Gasteiger partial charge in [-0.3, -0.25) is 14.6 Å². The van der Waals surface area contributed by atoms with Crippen molar-refractivity contribution < 1.29 is 31.9 Å². The van der Waals surface area contributed by atoms with Crippen LogP contribution >= 0.6 is 34.2 Å². The quantitative estimate of drug-likeness (QED) is 0.163. The van der Waals surface area contributed by atoms with Crippen molar-refractivity contribution in [2.75, 3.05) is 18.5 Å². The Kier molecular flexibility index (Phi) is 9.72. The number of carbonyl (C=O) groups is 1. The minimum atomic E-state index is -4.66. The van der Waals surface area contributed by atoms with Crippen molar-refractivity contribution in [1.29, 1.82) is 0 Å². The first kappa shape index (κ1) is 29.6. The number of benzene rings is 2. The number of amides is 1. The van der Waals surface area contributed by atoms with Gasteiger partial charge in [0.1, 0.15) is 4.90 Å². The molecule has 4 rings (SSSR count). The summed E-state index contributed by atoms with van der Waals surface area (Å²) in [7, 11) is -4.66. The fraction of sp³-hybridized carbons (Fsp3) is 0.280. The summed E-state index contributed by atoms with van der Waals surface area (Å²) >= 11 is 8.25. The van der Waals surface area contributed by atoms with Gasteiger partial charge in [-0.2, -0.15) is 0 Å². The lowest BCUT2D eigenvalue weighted by molar-refractivity contribution is 0.0270. The van der Waals surface area contributed by atoms with Gasteiger partial charge in [0.25, 0.3) is 5.91 Å². The van der Waals surface area contributed by atoms with E-state index in [4.69, 9.17) is 16.4 Å². The highest BCUT2D eigenvalue weighted by Gasteiger charge is 2.30. The fourth-order valence-corrected chi connectivity index (χ4v) is 5.61. The summed E-state index contributed by atoms with van der Waals surface area (Å²) in [5, 5.41) is 12.0. The molecule has 0 atom stereocenters. The van der Waals surface area contributed by atoms with Crippen molar-refractivity contribution in [3.63, 3.8) is 0 Å². The third-order valence-corrected chi connectivity index (χ3v) is 8.25. The lowest BCUT2D eigenvalue weighted by atomic mass is 10.1. The van der Waals surface area contributed by atoms with E-state index in [9.17, 15) is 18.3 Å². The van der Waals surface area contributed by atoms with Crippen LogP contribution in [0.15, 0.2) is 47.5 Å². The summed E-state index contributed by atoms with van der Waals surface area (Å²) in [6.07, 6.45) is 3.56. The average molecular weight is 693 g/mol. The number of carbonyl (C=O) groups excluding carboxylic acids is 1. The summed E-state index contributed by atoms with van der Waals surface area (Å²) in [6.45, 7) is -0.289. The first-order valence-electron chi connectivity index (χ1n) is 11.8. The Morgan fingerprint density at radius 2 is 1.97 bits per heavy atom.